The van der Waals surface area contributed by atoms with Gasteiger partial charge in [0.15, 0.2) is 0 Å². The van der Waals surface area contributed by atoms with Gasteiger partial charge < -0.3 is 5.32 Å². The molecule has 1 aromatic rings. The molecule has 0 aromatic heterocycles. The fraction of sp³-hybridized carbons (Fsp3) is 0.667. The summed E-state index contributed by atoms with van der Waals surface area (Å²) in [5.74, 6) is 0.451. The Morgan fingerprint density at radius 2 is 1.71 bits per heavy atom. The van der Waals surface area contributed by atoms with Crippen LogP contribution in [0, 0.1) is 5.92 Å². The second-order valence-corrected chi connectivity index (χ2v) is 7.82. The Kier molecular flexibility index (Phi) is 5.88. The number of alkyl halides is 3. The van der Waals surface area contributed by atoms with Crippen molar-refractivity contribution in [1.29, 1.82) is 0 Å². The molecule has 1 aliphatic heterocycles. The van der Waals surface area contributed by atoms with Gasteiger partial charge in [-0.2, -0.15) is 13.2 Å². The predicted molar refractivity (Wildman–Crippen MR) is 92.9 cm³/mol. The molecule has 1 heterocycles. The van der Waals surface area contributed by atoms with Gasteiger partial charge in [-0.1, -0.05) is 35.2 Å². The van der Waals surface area contributed by atoms with Crippen molar-refractivity contribution < 1.29 is 13.2 Å². The summed E-state index contributed by atoms with van der Waals surface area (Å²) in [7, 11) is 0. The first-order valence-electron chi connectivity index (χ1n) is 8.77. The van der Waals surface area contributed by atoms with Crippen LogP contribution in [0.3, 0.4) is 0 Å². The second-order valence-electron chi connectivity index (χ2n) is 6.90. The van der Waals surface area contributed by atoms with E-state index in [-0.39, 0.29) is 6.04 Å². The Labute approximate surface area is 149 Å². The zero-order chi connectivity index (χ0) is 17.2. The normalized spacial score (nSPS) is 22.5. The van der Waals surface area contributed by atoms with Gasteiger partial charge in [-0.05, 0) is 42.5 Å². The molecule has 134 valence electrons. The van der Waals surface area contributed by atoms with Crippen molar-refractivity contribution in [2.45, 2.75) is 44.3 Å². The van der Waals surface area contributed by atoms with Gasteiger partial charge in [0.05, 0.1) is 5.56 Å². The highest BCUT2D eigenvalue weighted by atomic mass is 79.9. The van der Waals surface area contributed by atoms with Crippen LogP contribution in [0.4, 0.5) is 13.2 Å². The topological polar surface area (TPSA) is 15.3 Å². The van der Waals surface area contributed by atoms with Crippen LogP contribution in [0.5, 0.6) is 0 Å². The lowest BCUT2D eigenvalue weighted by molar-refractivity contribution is -0.137. The highest BCUT2D eigenvalue weighted by Gasteiger charge is 2.35. The molecule has 1 aliphatic carbocycles. The zero-order valence-corrected chi connectivity index (χ0v) is 15.3. The molecule has 0 amide bonds. The van der Waals surface area contributed by atoms with Crippen LogP contribution in [-0.2, 0) is 6.18 Å². The molecule has 1 aromatic carbocycles. The Hall–Kier alpha value is -0.590. The third-order valence-corrected chi connectivity index (χ3v) is 5.69. The van der Waals surface area contributed by atoms with Crippen molar-refractivity contribution in [2.24, 2.45) is 5.92 Å². The van der Waals surface area contributed by atoms with Gasteiger partial charge in [-0.3, -0.25) is 4.90 Å². The number of piperazine rings is 1. The van der Waals surface area contributed by atoms with Crippen LogP contribution < -0.4 is 5.32 Å². The van der Waals surface area contributed by atoms with Crippen molar-refractivity contribution in [3.8, 4) is 0 Å². The number of rotatable bonds is 3. The Balaban J connectivity index is 1.96. The molecule has 1 saturated heterocycles. The molecule has 0 spiro atoms. The van der Waals surface area contributed by atoms with E-state index < -0.39 is 11.7 Å². The molecule has 1 saturated carbocycles. The van der Waals surface area contributed by atoms with Crippen molar-refractivity contribution in [3.63, 3.8) is 0 Å². The molecule has 0 radical (unpaired) electrons. The maximum Gasteiger partial charge on any atom is 0.416 e. The van der Waals surface area contributed by atoms with Crippen molar-refractivity contribution >= 4 is 15.9 Å². The number of nitrogens with one attached hydrogen (secondary N) is 1. The number of hydrogen-bond acceptors (Lipinski definition) is 2. The van der Waals surface area contributed by atoms with E-state index in [0.29, 0.717) is 10.4 Å². The molecule has 2 nitrogen and oxygen atoms in total. The molecule has 1 atom stereocenters. The van der Waals surface area contributed by atoms with Crippen LogP contribution in [0.25, 0.3) is 0 Å². The van der Waals surface area contributed by atoms with Crippen molar-refractivity contribution in [3.05, 3.63) is 33.8 Å². The van der Waals surface area contributed by atoms with Crippen molar-refractivity contribution in [2.75, 3.05) is 26.2 Å². The van der Waals surface area contributed by atoms with Gasteiger partial charge >= 0.3 is 6.18 Å². The van der Waals surface area contributed by atoms with E-state index in [1.165, 1.54) is 31.4 Å². The Morgan fingerprint density at radius 1 is 1.04 bits per heavy atom. The fourth-order valence-electron chi connectivity index (χ4n) is 4.14. The van der Waals surface area contributed by atoms with Gasteiger partial charge in [0.1, 0.15) is 0 Å². The average Bonchev–Trinajstić information content (AvgIpc) is 2.56. The standard InChI is InChI=1S/C18H24BrF3N2/c19-16-11-14(10-15(12-16)18(20,21)22)17(13-4-2-1-3-5-13)24-8-6-23-7-9-24/h10-13,17,23H,1-9H2/t17-/m0/s1. The predicted octanol–water partition coefficient (Wildman–Crippen LogP) is 4.99. The third-order valence-electron chi connectivity index (χ3n) is 5.23. The molecule has 24 heavy (non-hydrogen) atoms. The minimum absolute atomic E-state index is 0.0889. The first-order valence-corrected chi connectivity index (χ1v) is 9.57. The Morgan fingerprint density at radius 3 is 2.33 bits per heavy atom. The summed E-state index contributed by atoms with van der Waals surface area (Å²) in [6, 6.07) is 4.52. The van der Waals surface area contributed by atoms with Gasteiger partial charge in [-0.15, -0.1) is 0 Å². The van der Waals surface area contributed by atoms with E-state index in [1.54, 1.807) is 0 Å². The van der Waals surface area contributed by atoms with E-state index >= 15 is 0 Å². The summed E-state index contributed by atoms with van der Waals surface area (Å²) in [6.07, 6.45) is 1.54. The summed E-state index contributed by atoms with van der Waals surface area (Å²) in [5, 5.41) is 3.34. The van der Waals surface area contributed by atoms with E-state index in [1.807, 2.05) is 6.07 Å². The Bertz CT molecular complexity index is 532. The first-order chi connectivity index (χ1) is 11.4. The van der Waals surface area contributed by atoms with Crippen LogP contribution in [0.15, 0.2) is 22.7 Å². The average molecular weight is 405 g/mol. The van der Waals surface area contributed by atoms with Crippen LogP contribution >= 0.6 is 15.9 Å². The molecular weight excluding hydrogens is 381 g/mol. The minimum Gasteiger partial charge on any atom is -0.314 e. The summed E-state index contributed by atoms with van der Waals surface area (Å²) in [4.78, 5) is 2.38. The molecule has 0 bridgehead atoms. The highest BCUT2D eigenvalue weighted by molar-refractivity contribution is 9.10. The summed E-state index contributed by atoms with van der Waals surface area (Å²) in [6.45, 7) is 3.61. The van der Waals surface area contributed by atoms with E-state index in [9.17, 15) is 13.2 Å². The maximum absolute atomic E-state index is 13.3. The van der Waals surface area contributed by atoms with Crippen LogP contribution in [0.1, 0.15) is 49.3 Å². The first kappa shape index (κ1) is 18.2. The third kappa shape index (κ3) is 4.33. The quantitative estimate of drug-likeness (QED) is 0.762. The SMILES string of the molecule is FC(F)(F)c1cc(Br)cc([C@H](C2CCCCC2)N2CCNCC2)c1. The number of benzene rings is 1. The lowest BCUT2D eigenvalue weighted by Gasteiger charge is -2.41. The lowest BCUT2D eigenvalue weighted by Crippen LogP contribution is -2.47. The molecule has 2 fully saturated rings. The van der Waals surface area contributed by atoms with Gasteiger partial charge in [0.25, 0.3) is 0 Å². The van der Waals surface area contributed by atoms with E-state index in [0.717, 1.165) is 44.6 Å². The zero-order valence-electron chi connectivity index (χ0n) is 13.7. The summed E-state index contributed by atoms with van der Waals surface area (Å²) < 4.78 is 40.3. The molecule has 3 rings (SSSR count). The molecule has 0 unspecified atom stereocenters. The van der Waals surface area contributed by atoms with Gasteiger partial charge in [0.2, 0.25) is 0 Å². The van der Waals surface area contributed by atoms with Crippen LogP contribution in [0.2, 0.25) is 0 Å². The largest absolute Gasteiger partial charge is 0.416 e. The van der Waals surface area contributed by atoms with E-state index in [4.69, 9.17) is 0 Å². The van der Waals surface area contributed by atoms with Crippen molar-refractivity contribution in [1.82, 2.24) is 10.2 Å². The molecule has 6 heteroatoms. The van der Waals surface area contributed by atoms with E-state index in [2.05, 4.69) is 26.1 Å². The molecular formula is C18H24BrF3N2. The minimum atomic E-state index is -4.31. The second kappa shape index (κ2) is 7.75. The number of nitrogens with zero attached hydrogens (tertiary/aromatic N) is 1. The van der Waals surface area contributed by atoms with Crippen LogP contribution in [-0.4, -0.2) is 31.1 Å². The number of hydrogen-bond donors (Lipinski definition) is 1. The summed E-state index contributed by atoms with van der Waals surface area (Å²) >= 11 is 3.29. The van der Waals surface area contributed by atoms with Gasteiger partial charge in [-0.25, -0.2) is 0 Å². The number of halogens is 4. The monoisotopic (exact) mass is 404 g/mol. The summed E-state index contributed by atoms with van der Waals surface area (Å²) in [5.41, 5.74) is 0.258. The van der Waals surface area contributed by atoms with Gasteiger partial charge in [0, 0.05) is 36.7 Å². The maximum atomic E-state index is 13.3. The molecule has 2 aliphatic rings. The smallest absolute Gasteiger partial charge is 0.314 e. The fourth-order valence-corrected chi connectivity index (χ4v) is 4.65. The molecule has 1 N–H and O–H groups in total. The highest BCUT2D eigenvalue weighted by Crippen LogP contribution is 2.41. The lowest BCUT2D eigenvalue weighted by atomic mass is 9.80.